The first kappa shape index (κ1) is 11.6. The largest absolute Gasteiger partial charge is 0.496 e. The van der Waals surface area contributed by atoms with Gasteiger partial charge in [-0.05, 0) is 18.6 Å². The molecule has 1 fully saturated rings. The third-order valence-corrected chi connectivity index (χ3v) is 2.97. The van der Waals surface area contributed by atoms with E-state index in [2.05, 4.69) is 4.74 Å². The number of cyclic esters (lactones) is 2. The quantitative estimate of drug-likeness (QED) is 0.579. The number of rotatable bonds is 2. The molecule has 0 N–H and O–H groups in total. The highest BCUT2D eigenvalue weighted by Crippen LogP contribution is 2.36. The molecule has 0 amide bonds. The monoisotopic (exact) mass is 234 g/mol. The maximum Gasteiger partial charge on any atom is 0.314 e. The summed E-state index contributed by atoms with van der Waals surface area (Å²) in [5.41, 5.74) is 1.96. The Bertz CT molecular complexity index is 448. The van der Waals surface area contributed by atoms with Gasteiger partial charge in [0.15, 0.2) is 0 Å². The average Bonchev–Trinajstić information content (AvgIpc) is 2.27. The Morgan fingerprint density at radius 1 is 1.24 bits per heavy atom. The molecule has 4 nitrogen and oxygen atoms in total. The van der Waals surface area contributed by atoms with Crippen LogP contribution in [0.2, 0.25) is 0 Å². The maximum atomic E-state index is 11.3. The van der Waals surface area contributed by atoms with Gasteiger partial charge in [-0.2, -0.15) is 0 Å². The minimum atomic E-state index is -0.462. The van der Waals surface area contributed by atoms with E-state index in [9.17, 15) is 9.59 Å². The van der Waals surface area contributed by atoms with Crippen LogP contribution in [0.1, 0.15) is 29.9 Å². The van der Waals surface area contributed by atoms with E-state index in [1.165, 1.54) is 0 Å². The van der Waals surface area contributed by atoms with E-state index in [1.54, 1.807) is 7.11 Å². The lowest BCUT2D eigenvalue weighted by Gasteiger charge is -2.23. The highest BCUT2D eigenvalue weighted by molar-refractivity contribution is 5.89. The summed E-state index contributed by atoms with van der Waals surface area (Å²) in [6.45, 7) is 1.95. The third-order valence-electron chi connectivity index (χ3n) is 2.97. The van der Waals surface area contributed by atoms with Crippen LogP contribution in [0.25, 0.3) is 0 Å². The van der Waals surface area contributed by atoms with Gasteiger partial charge in [0.2, 0.25) is 0 Å². The summed E-state index contributed by atoms with van der Waals surface area (Å²) in [7, 11) is 1.58. The molecule has 0 bridgehead atoms. The summed E-state index contributed by atoms with van der Waals surface area (Å²) < 4.78 is 9.82. The molecule has 90 valence electrons. The fourth-order valence-corrected chi connectivity index (χ4v) is 2.24. The summed E-state index contributed by atoms with van der Waals surface area (Å²) in [6.07, 6.45) is 0.458. The SMILES string of the molecule is COc1cccc(C)c1C1CC(=O)OC(=O)C1. The Kier molecular flexibility index (Phi) is 3.13. The molecule has 1 heterocycles. The molecule has 0 atom stereocenters. The molecule has 1 aliphatic heterocycles. The van der Waals surface area contributed by atoms with Crippen LogP contribution in [0.3, 0.4) is 0 Å². The first-order chi connectivity index (χ1) is 8.11. The second-order valence-corrected chi connectivity index (χ2v) is 4.14. The van der Waals surface area contributed by atoms with Crippen molar-refractivity contribution in [2.45, 2.75) is 25.7 Å². The van der Waals surface area contributed by atoms with E-state index >= 15 is 0 Å². The Morgan fingerprint density at radius 3 is 2.47 bits per heavy atom. The smallest absolute Gasteiger partial charge is 0.314 e. The van der Waals surface area contributed by atoms with Crippen LogP contribution in [0, 0.1) is 6.92 Å². The fraction of sp³-hybridized carbons (Fsp3) is 0.385. The maximum absolute atomic E-state index is 11.3. The molecule has 1 aromatic carbocycles. The molecule has 0 spiro atoms. The van der Waals surface area contributed by atoms with Crippen LogP contribution in [-0.4, -0.2) is 19.0 Å². The van der Waals surface area contributed by atoms with Gasteiger partial charge in [-0.3, -0.25) is 9.59 Å². The van der Waals surface area contributed by atoms with E-state index in [-0.39, 0.29) is 18.8 Å². The summed E-state index contributed by atoms with van der Waals surface area (Å²) >= 11 is 0. The number of carbonyl (C=O) groups is 2. The predicted octanol–water partition coefficient (Wildman–Crippen LogP) is 1.95. The number of aryl methyl sites for hydroxylation is 1. The molecule has 0 aromatic heterocycles. The van der Waals surface area contributed by atoms with Crippen LogP contribution in [-0.2, 0) is 14.3 Å². The molecule has 0 aliphatic carbocycles. The van der Waals surface area contributed by atoms with Crippen molar-refractivity contribution < 1.29 is 19.1 Å². The molecule has 1 aromatic rings. The Hall–Kier alpha value is -1.84. The van der Waals surface area contributed by atoms with Gasteiger partial charge in [-0.15, -0.1) is 0 Å². The van der Waals surface area contributed by atoms with Crippen LogP contribution < -0.4 is 4.74 Å². The molecule has 1 aliphatic rings. The summed E-state index contributed by atoms with van der Waals surface area (Å²) in [5.74, 6) is -0.342. The number of esters is 2. The third kappa shape index (κ3) is 2.30. The number of carbonyl (C=O) groups excluding carboxylic acids is 2. The van der Waals surface area contributed by atoms with Gasteiger partial charge in [0.1, 0.15) is 5.75 Å². The molecule has 17 heavy (non-hydrogen) atoms. The summed E-state index contributed by atoms with van der Waals surface area (Å²) in [5, 5.41) is 0. The van der Waals surface area contributed by atoms with Gasteiger partial charge in [0.25, 0.3) is 0 Å². The topological polar surface area (TPSA) is 52.6 Å². The van der Waals surface area contributed by atoms with Gasteiger partial charge < -0.3 is 9.47 Å². The Morgan fingerprint density at radius 2 is 1.88 bits per heavy atom. The van der Waals surface area contributed by atoms with Crippen molar-refractivity contribution in [2.75, 3.05) is 7.11 Å². The fourth-order valence-electron chi connectivity index (χ4n) is 2.24. The van der Waals surface area contributed by atoms with Crippen molar-refractivity contribution in [3.8, 4) is 5.75 Å². The lowest BCUT2D eigenvalue weighted by molar-refractivity contribution is -0.163. The minimum Gasteiger partial charge on any atom is -0.496 e. The lowest BCUT2D eigenvalue weighted by Crippen LogP contribution is -2.25. The number of benzene rings is 1. The van der Waals surface area contributed by atoms with Crippen LogP contribution in [0.5, 0.6) is 5.75 Å². The second-order valence-electron chi connectivity index (χ2n) is 4.14. The summed E-state index contributed by atoms with van der Waals surface area (Å²) in [6, 6.07) is 5.68. The van der Waals surface area contributed by atoms with E-state index in [0.717, 1.165) is 16.9 Å². The molecule has 0 unspecified atom stereocenters. The van der Waals surface area contributed by atoms with Crippen LogP contribution in [0.4, 0.5) is 0 Å². The Balaban J connectivity index is 2.39. The van der Waals surface area contributed by atoms with Crippen LogP contribution >= 0.6 is 0 Å². The van der Waals surface area contributed by atoms with E-state index in [1.807, 2.05) is 25.1 Å². The zero-order valence-electron chi connectivity index (χ0n) is 9.86. The van der Waals surface area contributed by atoms with Crippen LogP contribution in [0.15, 0.2) is 18.2 Å². The van der Waals surface area contributed by atoms with E-state index in [4.69, 9.17) is 4.74 Å². The Labute approximate surface area is 99.5 Å². The van der Waals surface area contributed by atoms with Gasteiger partial charge in [0, 0.05) is 11.5 Å². The number of ether oxygens (including phenoxy) is 2. The highest BCUT2D eigenvalue weighted by Gasteiger charge is 2.30. The molecule has 4 heteroatoms. The van der Waals surface area contributed by atoms with Crippen molar-refractivity contribution >= 4 is 11.9 Å². The molecule has 0 saturated carbocycles. The molecular weight excluding hydrogens is 220 g/mol. The molecule has 0 radical (unpaired) electrons. The number of hydrogen-bond acceptors (Lipinski definition) is 4. The number of methoxy groups -OCH3 is 1. The average molecular weight is 234 g/mol. The normalized spacial score (nSPS) is 16.8. The molecule has 1 saturated heterocycles. The van der Waals surface area contributed by atoms with Crippen molar-refractivity contribution in [3.05, 3.63) is 29.3 Å². The predicted molar refractivity (Wildman–Crippen MR) is 60.8 cm³/mol. The zero-order chi connectivity index (χ0) is 12.4. The number of hydrogen-bond donors (Lipinski definition) is 0. The van der Waals surface area contributed by atoms with Gasteiger partial charge in [-0.1, -0.05) is 12.1 Å². The minimum absolute atomic E-state index is 0.139. The van der Waals surface area contributed by atoms with Crippen molar-refractivity contribution in [3.63, 3.8) is 0 Å². The second kappa shape index (κ2) is 4.57. The highest BCUT2D eigenvalue weighted by atomic mass is 16.6. The zero-order valence-corrected chi connectivity index (χ0v) is 9.86. The van der Waals surface area contributed by atoms with Crippen molar-refractivity contribution in [1.82, 2.24) is 0 Å². The van der Waals surface area contributed by atoms with Crippen molar-refractivity contribution in [1.29, 1.82) is 0 Å². The molecule has 2 rings (SSSR count). The van der Waals surface area contributed by atoms with Crippen molar-refractivity contribution in [2.24, 2.45) is 0 Å². The van der Waals surface area contributed by atoms with E-state index in [0.29, 0.717) is 0 Å². The summed E-state index contributed by atoms with van der Waals surface area (Å²) in [4.78, 5) is 22.6. The first-order valence-electron chi connectivity index (χ1n) is 5.49. The lowest BCUT2D eigenvalue weighted by atomic mass is 9.87. The first-order valence-corrected chi connectivity index (χ1v) is 5.49. The van der Waals surface area contributed by atoms with Gasteiger partial charge >= 0.3 is 11.9 Å². The van der Waals surface area contributed by atoms with Gasteiger partial charge in [0.05, 0.1) is 20.0 Å². The van der Waals surface area contributed by atoms with E-state index < -0.39 is 11.9 Å². The molecular formula is C13H14O4. The standard InChI is InChI=1S/C13H14O4/c1-8-4-3-5-10(16-2)13(8)9-6-11(14)17-12(15)7-9/h3-5,9H,6-7H2,1-2H3. The van der Waals surface area contributed by atoms with Gasteiger partial charge in [-0.25, -0.2) is 0 Å².